The third kappa shape index (κ3) is 8.54. The minimum absolute atomic E-state index is 0.00344. The number of amides is 1. The maximum atomic E-state index is 11.8. The summed E-state index contributed by atoms with van der Waals surface area (Å²) in [5, 5.41) is 6.72. The first-order valence-electron chi connectivity index (χ1n) is 9.37. The summed E-state index contributed by atoms with van der Waals surface area (Å²) < 4.78 is 5.42. The molecule has 1 fully saturated rings. The first-order valence-corrected chi connectivity index (χ1v) is 9.37. The van der Waals surface area contributed by atoms with Gasteiger partial charge in [-0.1, -0.05) is 0 Å². The van der Waals surface area contributed by atoms with Crippen molar-refractivity contribution in [2.24, 2.45) is 10.9 Å². The fraction of sp³-hybridized carbons (Fsp3) is 0.889. The lowest BCUT2D eigenvalue weighted by atomic mass is 10.1. The van der Waals surface area contributed by atoms with Crippen molar-refractivity contribution in [3.8, 4) is 0 Å². The number of hydrogen-bond donors (Lipinski definition) is 2. The summed E-state index contributed by atoms with van der Waals surface area (Å²) in [6.45, 7) is 13.2. The Hall–Kier alpha value is -1.34. The SMILES string of the molecule is CC(C)N(CCNC(=NCC(=O)N(C)C)NCC1CCOC1)C(C)C. The van der Waals surface area contributed by atoms with Crippen molar-refractivity contribution in [1.29, 1.82) is 0 Å². The highest BCUT2D eigenvalue weighted by molar-refractivity contribution is 5.84. The Balaban J connectivity index is 2.53. The summed E-state index contributed by atoms with van der Waals surface area (Å²) in [6.07, 6.45) is 1.07. The molecule has 0 aromatic rings. The van der Waals surface area contributed by atoms with E-state index in [9.17, 15) is 4.79 Å². The predicted molar refractivity (Wildman–Crippen MR) is 103 cm³/mol. The quantitative estimate of drug-likeness (QED) is 0.472. The van der Waals surface area contributed by atoms with E-state index in [2.05, 4.69) is 48.2 Å². The van der Waals surface area contributed by atoms with Crippen molar-refractivity contribution in [3.05, 3.63) is 0 Å². The summed E-state index contributed by atoms with van der Waals surface area (Å²) in [7, 11) is 3.49. The van der Waals surface area contributed by atoms with Crippen molar-refractivity contribution in [1.82, 2.24) is 20.4 Å². The number of carbonyl (C=O) groups excluding carboxylic acids is 1. The van der Waals surface area contributed by atoms with Gasteiger partial charge >= 0.3 is 0 Å². The second-order valence-electron chi connectivity index (χ2n) is 7.42. The molecule has 0 spiro atoms. The number of likely N-dealkylation sites (N-methyl/N-ethyl adjacent to an activating group) is 1. The number of nitrogens with zero attached hydrogens (tertiary/aromatic N) is 3. The first-order chi connectivity index (χ1) is 11.8. The van der Waals surface area contributed by atoms with Gasteiger partial charge in [-0.2, -0.15) is 0 Å². The van der Waals surface area contributed by atoms with E-state index >= 15 is 0 Å². The van der Waals surface area contributed by atoms with Gasteiger partial charge in [-0.3, -0.25) is 9.69 Å². The molecule has 1 amide bonds. The van der Waals surface area contributed by atoms with Gasteiger partial charge < -0.3 is 20.3 Å². The van der Waals surface area contributed by atoms with Crippen LogP contribution in [0, 0.1) is 5.92 Å². The maximum Gasteiger partial charge on any atom is 0.243 e. The van der Waals surface area contributed by atoms with Gasteiger partial charge in [0.25, 0.3) is 0 Å². The Labute approximate surface area is 153 Å². The van der Waals surface area contributed by atoms with Crippen LogP contribution in [0.1, 0.15) is 34.1 Å². The number of hydrogen-bond acceptors (Lipinski definition) is 4. The zero-order chi connectivity index (χ0) is 18.8. The van der Waals surface area contributed by atoms with E-state index in [0.29, 0.717) is 24.0 Å². The Bertz CT molecular complexity index is 410. The van der Waals surface area contributed by atoms with E-state index in [1.165, 1.54) is 0 Å². The summed E-state index contributed by atoms with van der Waals surface area (Å²) in [5.41, 5.74) is 0. The summed E-state index contributed by atoms with van der Waals surface area (Å²) in [5.74, 6) is 1.21. The van der Waals surface area contributed by atoms with Gasteiger partial charge in [0.2, 0.25) is 5.91 Å². The maximum absolute atomic E-state index is 11.8. The molecular formula is C18H37N5O2. The highest BCUT2D eigenvalue weighted by Crippen LogP contribution is 2.10. The zero-order valence-electron chi connectivity index (χ0n) is 16.8. The molecule has 1 aliphatic heterocycles. The standard InChI is InChI=1S/C18H37N5O2/c1-14(2)23(15(3)4)9-8-19-18(21-12-17(24)22(5)6)20-11-16-7-10-25-13-16/h14-16H,7-13H2,1-6H3,(H2,19,20,21). The van der Waals surface area contributed by atoms with E-state index in [-0.39, 0.29) is 12.5 Å². The van der Waals surface area contributed by atoms with Gasteiger partial charge in [0, 0.05) is 58.3 Å². The number of guanidine groups is 1. The van der Waals surface area contributed by atoms with Crippen LogP contribution in [-0.4, -0.2) is 87.2 Å². The molecular weight excluding hydrogens is 318 g/mol. The Morgan fingerprint density at radius 1 is 1.20 bits per heavy atom. The molecule has 0 radical (unpaired) electrons. The summed E-state index contributed by atoms with van der Waals surface area (Å²) in [4.78, 5) is 20.2. The molecule has 25 heavy (non-hydrogen) atoms. The van der Waals surface area contributed by atoms with E-state index in [1.54, 1.807) is 19.0 Å². The van der Waals surface area contributed by atoms with Gasteiger partial charge in [-0.05, 0) is 34.1 Å². The summed E-state index contributed by atoms with van der Waals surface area (Å²) in [6, 6.07) is 1.00. The van der Waals surface area contributed by atoms with Crippen LogP contribution in [0.4, 0.5) is 0 Å². The van der Waals surface area contributed by atoms with E-state index in [1.807, 2.05) is 0 Å². The molecule has 0 aromatic carbocycles. The van der Waals surface area contributed by atoms with Crippen LogP contribution in [-0.2, 0) is 9.53 Å². The lowest BCUT2D eigenvalue weighted by Gasteiger charge is -2.30. The van der Waals surface area contributed by atoms with Crippen molar-refractivity contribution >= 4 is 11.9 Å². The van der Waals surface area contributed by atoms with Crippen LogP contribution in [0.2, 0.25) is 0 Å². The molecule has 1 rings (SSSR count). The molecule has 1 heterocycles. The molecule has 7 nitrogen and oxygen atoms in total. The fourth-order valence-corrected chi connectivity index (χ4v) is 2.86. The van der Waals surface area contributed by atoms with Crippen LogP contribution >= 0.6 is 0 Å². The summed E-state index contributed by atoms with van der Waals surface area (Å²) >= 11 is 0. The molecule has 1 saturated heterocycles. The number of ether oxygens (including phenoxy) is 1. The van der Waals surface area contributed by atoms with Crippen LogP contribution in [0.25, 0.3) is 0 Å². The van der Waals surface area contributed by atoms with E-state index in [0.717, 1.165) is 39.3 Å². The number of nitrogens with one attached hydrogen (secondary N) is 2. The molecule has 7 heteroatoms. The van der Waals surface area contributed by atoms with Crippen molar-refractivity contribution < 1.29 is 9.53 Å². The molecule has 0 saturated carbocycles. The molecule has 2 N–H and O–H groups in total. The fourth-order valence-electron chi connectivity index (χ4n) is 2.86. The molecule has 1 aliphatic rings. The van der Waals surface area contributed by atoms with Gasteiger partial charge in [-0.15, -0.1) is 0 Å². The molecule has 1 atom stereocenters. The zero-order valence-corrected chi connectivity index (χ0v) is 16.8. The molecule has 0 aromatic heterocycles. The highest BCUT2D eigenvalue weighted by atomic mass is 16.5. The van der Waals surface area contributed by atoms with Gasteiger partial charge in [0.1, 0.15) is 6.54 Å². The average molecular weight is 356 g/mol. The first kappa shape index (κ1) is 21.7. The van der Waals surface area contributed by atoms with Gasteiger partial charge in [-0.25, -0.2) is 4.99 Å². The average Bonchev–Trinajstić information content (AvgIpc) is 3.05. The third-order valence-electron chi connectivity index (χ3n) is 4.44. The van der Waals surface area contributed by atoms with Crippen molar-refractivity contribution in [3.63, 3.8) is 0 Å². The smallest absolute Gasteiger partial charge is 0.243 e. The highest BCUT2D eigenvalue weighted by Gasteiger charge is 2.17. The van der Waals surface area contributed by atoms with Gasteiger partial charge in [0.15, 0.2) is 5.96 Å². The largest absolute Gasteiger partial charge is 0.381 e. The minimum atomic E-state index is -0.00344. The number of aliphatic imine (C=N–C) groups is 1. The van der Waals surface area contributed by atoms with E-state index < -0.39 is 0 Å². The molecule has 0 aliphatic carbocycles. The Morgan fingerprint density at radius 2 is 1.88 bits per heavy atom. The molecule has 1 unspecified atom stereocenters. The second-order valence-corrected chi connectivity index (χ2v) is 7.42. The monoisotopic (exact) mass is 355 g/mol. The van der Waals surface area contributed by atoms with E-state index in [4.69, 9.17) is 4.74 Å². The topological polar surface area (TPSA) is 69.2 Å². The van der Waals surface area contributed by atoms with Crippen LogP contribution in [0.15, 0.2) is 4.99 Å². The van der Waals surface area contributed by atoms with Crippen molar-refractivity contribution in [2.45, 2.75) is 46.2 Å². The minimum Gasteiger partial charge on any atom is -0.381 e. The van der Waals surface area contributed by atoms with Crippen molar-refractivity contribution in [2.75, 3.05) is 53.5 Å². The molecule has 146 valence electrons. The van der Waals surface area contributed by atoms with Crippen LogP contribution in [0.5, 0.6) is 0 Å². The third-order valence-corrected chi connectivity index (χ3v) is 4.44. The number of rotatable bonds is 9. The van der Waals surface area contributed by atoms with Gasteiger partial charge in [0.05, 0.1) is 6.61 Å². The van der Waals surface area contributed by atoms with Crippen LogP contribution in [0.3, 0.4) is 0 Å². The lowest BCUT2D eigenvalue weighted by molar-refractivity contribution is -0.127. The molecule has 0 bridgehead atoms. The normalized spacial score (nSPS) is 18.3. The lowest BCUT2D eigenvalue weighted by Crippen LogP contribution is -2.46. The Morgan fingerprint density at radius 3 is 2.40 bits per heavy atom. The van der Waals surface area contributed by atoms with Crippen LogP contribution < -0.4 is 10.6 Å². The predicted octanol–water partition coefficient (Wildman–Crippen LogP) is 0.765. The Kier molecular flexibility index (Phi) is 9.82. The number of carbonyl (C=O) groups is 1. The second kappa shape index (κ2) is 11.3.